The molecular formula is C6H3BrO3S. The standard InChI is InChI=1S/C6H3BrO3S/c7-3-1-4(11-2-3)5(8)6(9)10/h1-2H,(H,9,10). The molecule has 0 spiro atoms. The van der Waals surface area contributed by atoms with Gasteiger partial charge in [-0.25, -0.2) is 4.79 Å². The highest BCUT2D eigenvalue weighted by Crippen LogP contribution is 2.19. The second-order valence-corrected chi connectivity index (χ2v) is 3.59. The van der Waals surface area contributed by atoms with Gasteiger partial charge >= 0.3 is 5.97 Å². The predicted molar refractivity (Wildman–Crippen MR) is 44.0 cm³/mol. The van der Waals surface area contributed by atoms with Gasteiger partial charge in [-0.1, -0.05) is 0 Å². The van der Waals surface area contributed by atoms with Crippen molar-refractivity contribution in [2.75, 3.05) is 0 Å². The van der Waals surface area contributed by atoms with Crippen LogP contribution >= 0.6 is 27.3 Å². The number of rotatable bonds is 2. The quantitative estimate of drug-likeness (QED) is 0.627. The smallest absolute Gasteiger partial charge is 0.378 e. The van der Waals surface area contributed by atoms with E-state index in [-0.39, 0.29) is 4.88 Å². The summed E-state index contributed by atoms with van der Waals surface area (Å²) in [6, 6.07) is 1.49. The van der Waals surface area contributed by atoms with Crippen molar-refractivity contribution in [2.45, 2.75) is 0 Å². The number of hydrogen-bond donors (Lipinski definition) is 1. The average Bonchev–Trinajstić information content (AvgIpc) is 2.34. The van der Waals surface area contributed by atoms with Crippen molar-refractivity contribution < 1.29 is 14.7 Å². The molecule has 11 heavy (non-hydrogen) atoms. The van der Waals surface area contributed by atoms with E-state index in [1.54, 1.807) is 5.38 Å². The molecule has 3 nitrogen and oxygen atoms in total. The maximum absolute atomic E-state index is 10.7. The molecule has 0 aliphatic rings. The Morgan fingerprint density at radius 3 is 2.55 bits per heavy atom. The van der Waals surface area contributed by atoms with Gasteiger partial charge in [0, 0.05) is 9.85 Å². The molecule has 5 heteroatoms. The molecule has 1 aromatic rings. The molecule has 0 saturated carbocycles. The lowest BCUT2D eigenvalue weighted by molar-refractivity contribution is -0.131. The van der Waals surface area contributed by atoms with Gasteiger partial charge in [0.1, 0.15) is 0 Å². The second kappa shape index (κ2) is 3.15. The van der Waals surface area contributed by atoms with E-state index >= 15 is 0 Å². The molecule has 1 aromatic heterocycles. The minimum Gasteiger partial charge on any atom is -0.475 e. The normalized spacial score (nSPS) is 9.55. The fraction of sp³-hybridized carbons (Fsp3) is 0. The third-order valence-corrected chi connectivity index (χ3v) is 2.68. The van der Waals surface area contributed by atoms with Crippen LogP contribution in [0.5, 0.6) is 0 Å². The fourth-order valence-corrected chi connectivity index (χ4v) is 1.90. The van der Waals surface area contributed by atoms with Crippen LogP contribution in [0.3, 0.4) is 0 Å². The molecule has 1 N–H and O–H groups in total. The molecule has 0 aliphatic carbocycles. The highest BCUT2D eigenvalue weighted by atomic mass is 79.9. The molecule has 0 amide bonds. The van der Waals surface area contributed by atoms with Crippen LogP contribution in [0.1, 0.15) is 9.67 Å². The van der Waals surface area contributed by atoms with Crippen LogP contribution in [0.2, 0.25) is 0 Å². The third-order valence-electron chi connectivity index (χ3n) is 0.985. The van der Waals surface area contributed by atoms with Crippen LogP contribution in [0.4, 0.5) is 0 Å². The number of halogens is 1. The van der Waals surface area contributed by atoms with Crippen molar-refractivity contribution in [1.82, 2.24) is 0 Å². The van der Waals surface area contributed by atoms with Gasteiger partial charge in [-0.15, -0.1) is 11.3 Å². The highest BCUT2D eigenvalue weighted by Gasteiger charge is 2.15. The minimum atomic E-state index is -1.42. The zero-order chi connectivity index (χ0) is 8.43. The monoisotopic (exact) mass is 234 g/mol. The summed E-state index contributed by atoms with van der Waals surface area (Å²) in [4.78, 5) is 21.1. The van der Waals surface area contributed by atoms with Gasteiger partial charge in [-0.05, 0) is 22.0 Å². The average molecular weight is 235 g/mol. The van der Waals surface area contributed by atoms with Gasteiger partial charge in [0.15, 0.2) is 0 Å². The van der Waals surface area contributed by atoms with E-state index in [2.05, 4.69) is 15.9 Å². The maximum Gasteiger partial charge on any atom is 0.378 e. The number of carbonyl (C=O) groups is 2. The molecule has 1 rings (SSSR count). The summed E-state index contributed by atoms with van der Waals surface area (Å²) in [5.41, 5.74) is 0. The van der Waals surface area contributed by atoms with Crippen molar-refractivity contribution in [3.63, 3.8) is 0 Å². The summed E-state index contributed by atoms with van der Waals surface area (Å²) >= 11 is 4.22. The van der Waals surface area contributed by atoms with Crippen LogP contribution < -0.4 is 0 Å². The first-order valence-corrected chi connectivity index (χ1v) is 4.30. The molecule has 0 unspecified atom stereocenters. The SMILES string of the molecule is O=C(O)C(=O)c1cc(Br)cs1. The lowest BCUT2D eigenvalue weighted by Gasteiger charge is -1.85. The molecule has 0 saturated heterocycles. The van der Waals surface area contributed by atoms with Gasteiger partial charge < -0.3 is 5.11 Å². The van der Waals surface area contributed by atoms with Crippen LogP contribution in [-0.4, -0.2) is 16.9 Å². The first-order chi connectivity index (χ1) is 5.11. The van der Waals surface area contributed by atoms with Crippen molar-refractivity contribution in [1.29, 1.82) is 0 Å². The lowest BCUT2D eigenvalue weighted by Crippen LogP contribution is -2.10. The first-order valence-electron chi connectivity index (χ1n) is 2.63. The Balaban J connectivity index is 2.94. The lowest BCUT2D eigenvalue weighted by atomic mass is 10.3. The number of aliphatic carboxylic acids is 1. The zero-order valence-corrected chi connectivity index (χ0v) is 7.61. The Morgan fingerprint density at radius 2 is 2.18 bits per heavy atom. The number of carboxylic acid groups (broad SMARTS) is 1. The predicted octanol–water partition coefficient (Wildman–Crippen LogP) is 1.78. The van der Waals surface area contributed by atoms with Crippen LogP contribution in [0.15, 0.2) is 15.9 Å². The molecule has 1 heterocycles. The Labute approximate surface area is 74.8 Å². The Hall–Kier alpha value is -0.680. The van der Waals surface area contributed by atoms with E-state index in [0.717, 1.165) is 15.8 Å². The topological polar surface area (TPSA) is 54.4 Å². The summed E-state index contributed by atoms with van der Waals surface area (Å²) in [5, 5.41) is 9.95. The fourth-order valence-electron chi connectivity index (χ4n) is 0.538. The summed E-state index contributed by atoms with van der Waals surface area (Å²) in [5.74, 6) is -2.28. The molecule has 0 bridgehead atoms. The van der Waals surface area contributed by atoms with E-state index in [4.69, 9.17) is 5.11 Å². The number of thiophene rings is 1. The van der Waals surface area contributed by atoms with E-state index in [1.165, 1.54) is 6.07 Å². The second-order valence-electron chi connectivity index (χ2n) is 1.76. The van der Waals surface area contributed by atoms with Crippen molar-refractivity contribution in [3.8, 4) is 0 Å². The van der Waals surface area contributed by atoms with Gasteiger partial charge in [0.2, 0.25) is 0 Å². The Kier molecular flexibility index (Phi) is 2.41. The first kappa shape index (κ1) is 8.42. The van der Waals surface area contributed by atoms with Crippen LogP contribution in [0, 0.1) is 0 Å². The van der Waals surface area contributed by atoms with E-state index < -0.39 is 11.8 Å². The summed E-state index contributed by atoms with van der Waals surface area (Å²) < 4.78 is 0.729. The number of ketones is 1. The molecule has 0 radical (unpaired) electrons. The molecule has 58 valence electrons. The number of Topliss-reactive ketones (excluding diaryl/α,β-unsaturated/α-hetero) is 1. The summed E-state index contributed by atoms with van der Waals surface area (Å²) in [6.45, 7) is 0. The van der Waals surface area contributed by atoms with E-state index in [9.17, 15) is 9.59 Å². The van der Waals surface area contributed by atoms with Crippen LogP contribution in [0.25, 0.3) is 0 Å². The van der Waals surface area contributed by atoms with E-state index in [1.807, 2.05) is 0 Å². The number of carboxylic acids is 1. The molecule has 0 aromatic carbocycles. The van der Waals surface area contributed by atoms with Crippen molar-refractivity contribution in [2.24, 2.45) is 0 Å². The van der Waals surface area contributed by atoms with E-state index in [0.29, 0.717) is 0 Å². The highest BCUT2D eigenvalue weighted by molar-refractivity contribution is 9.10. The largest absolute Gasteiger partial charge is 0.475 e. The summed E-state index contributed by atoms with van der Waals surface area (Å²) in [7, 11) is 0. The minimum absolute atomic E-state index is 0.240. The molecule has 0 atom stereocenters. The van der Waals surface area contributed by atoms with Crippen molar-refractivity contribution >= 4 is 39.0 Å². The van der Waals surface area contributed by atoms with Crippen LogP contribution in [-0.2, 0) is 4.79 Å². The zero-order valence-electron chi connectivity index (χ0n) is 5.20. The van der Waals surface area contributed by atoms with Gasteiger partial charge in [0.25, 0.3) is 5.78 Å². The van der Waals surface area contributed by atoms with Crippen molar-refractivity contribution in [3.05, 3.63) is 20.8 Å². The van der Waals surface area contributed by atoms with Gasteiger partial charge in [-0.3, -0.25) is 4.79 Å². The molecular weight excluding hydrogens is 232 g/mol. The molecule has 0 fully saturated rings. The van der Waals surface area contributed by atoms with Gasteiger partial charge in [-0.2, -0.15) is 0 Å². The van der Waals surface area contributed by atoms with Gasteiger partial charge in [0.05, 0.1) is 4.88 Å². The molecule has 0 aliphatic heterocycles. The maximum atomic E-state index is 10.7. The Morgan fingerprint density at radius 1 is 1.55 bits per heavy atom. The summed E-state index contributed by atoms with van der Waals surface area (Å²) in [6.07, 6.45) is 0. The number of hydrogen-bond acceptors (Lipinski definition) is 3. The number of carbonyl (C=O) groups excluding carboxylic acids is 1. The third kappa shape index (κ3) is 1.87. The Bertz CT molecular complexity index is 305.